The van der Waals surface area contributed by atoms with Gasteiger partial charge in [-0.1, -0.05) is 36.4 Å². The molecule has 4 aromatic rings. The molecule has 1 unspecified atom stereocenters. The normalized spacial score (nSPS) is 12.3. The van der Waals surface area contributed by atoms with Crippen LogP contribution in [0.5, 0.6) is 0 Å². The first kappa shape index (κ1) is 16.4. The molecule has 7 heteroatoms. The molecule has 4 rings (SSSR count). The molecule has 2 aromatic carbocycles. The third-order valence-corrected chi connectivity index (χ3v) is 4.57. The minimum Gasteiger partial charge on any atom is -0.436 e. The molecule has 2 aromatic heterocycles. The second kappa shape index (κ2) is 6.70. The maximum Gasteiger partial charge on any atom is 0.231 e. The van der Waals surface area contributed by atoms with Crippen molar-refractivity contribution >= 4 is 28.0 Å². The molecule has 0 amide bonds. The summed E-state index contributed by atoms with van der Waals surface area (Å²) in [6.07, 6.45) is 1.66. The van der Waals surface area contributed by atoms with Crippen molar-refractivity contribution < 1.29 is 13.2 Å². The number of benzene rings is 2. The molecule has 0 fully saturated rings. The van der Waals surface area contributed by atoms with Crippen LogP contribution in [0, 0.1) is 0 Å². The Morgan fingerprint density at radius 2 is 1.92 bits per heavy atom. The lowest BCUT2D eigenvalue weighted by Crippen LogP contribution is -1.96. The monoisotopic (exact) mass is 365 g/mol. The summed E-state index contributed by atoms with van der Waals surface area (Å²) in [4.78, 5) is 8.74. The fraction of sp³-hybridized carbons (Fsp3) is 0.0526. The van der Waals surface area contributed by atoms with Crippen LogP contribution in [0.1, 0.15) is 5.56 Å². The zero-order chi connectivity index (χ0) is 18.1. The van der Waals surface area contributed by atoms with E-state index in [1.807, 2.05) is 54.6 Å². The predicted molar refractivity (Wildman–Crippen MR) is 102 cm³/mol. The Kier molecular flexibility index (Phi) is 4.24. The van der Waals surface area contributed by atoms with Gasteiger partial charge in [-0.2, -0.15) is 0 Å². The number of aromatic nitrogens is 2. The molecule has 26 heavy (non-hydrogen) atoms. The van der Waals surface area contributed by atoms with Crippen molar-refractivity contribution in [2.75, 3.05) is 5.73 Å². The quantitative estimate of drug-likeness (QED) is 0.532. The summed E-state index contributed by atoms with van der Waals surface area (Å²) in [7, 11) is 0. The van der Waals surface area contributed by atoms with Gasteiger partial charge in [0.15, 0.2) is 16.7 Å². The van der Waals surface area contributed by atoms with E-state index in [9.17, 15) is 4.21 Å². The Bertz CT molecular complexity index is 1090. The first-order chi connectivity index (χ1) is 12.6. The Labute approximate surface area is 152 Å². The predicted octanol–water partition coefficient (Wildman–Crippen LogP) is 3.86. The van der Waals surface area contributed by atoms with Crippen molar-refractivity contribution in [1.29, 1.82) is 0 Å². The largest absolute Gasteiger partial charge is 0.436 e. The number of rotatable bonds is 4. The summed E-state index contributed by atoms with van der Waals surface area (Å²) in [5.41, 5.74) is 10.5. The number of hydrogen-bond acceptors (Lipinski definition) is 5. The maximum absolute atomic E-state index is 11.0. The van der Waals surface area contributed by atoms with Crippen molar-refractivity contribution in [3.8, 4) is 22.6 Å². The Morgan fingerprint density at radius 3 is 2.73 bits per heavy atom. The first-order valence-electron chi connectivity index (χ1n) is 7.88. The fourth-order valence-corrected chi connectivity index (χ4v) is 3.24. The minimum atomic E-state index is -1.89. The lowest BCUT2D eigenvalue weighted by atomic mass is 10.0. The highest BCUT2D eigenvalue weighted by Gasteiger charge is 2.14. The fourth-order valence-electron chi connectivity index (χ4n) is 2.78. The van der Waals surface area contributed by atoms with Gasteiger partial charge in [0.1, 0.15) is 11.3 Å². The first-order valence-corrected chi connectivity index (χ1v) is 9.16. The van der Waals surface area contributed by atoms with Gasteiger partial charge in [-0.25, -0.2) is 14.2 Å². The molecule has 0 radical (unpaired) electrons. The number of pyridine rings is 1. The number of nitrogens with zero attached hydrogens (tertiary/aromatic N) is 2. The van der Waals surface area contributed by atoms with Crippen LogP contribution in [0.25, 0.3) is 33.7 Å². The molecule has 3 N–H and O–H groups in total. The molecule has 0 aliphatic heterocycles. The standard InChI is InChI=1S/C19H15N3O3S/c20-18-15(19-22-16-6-1-2-7-17(16)25-19)9-14(10-21-18)13-5-3-4-12(8-13)11-26(23)24/h1-10H,11H2,(H2,20,21)(H,23,24). The zero-order valence-corrected chi connectivity index (χ0v) is 14.4. The van der Waals surface area contributed by atoms with E-state index in [2.05, 4.69) is 9.97 Å². The van der Waals surface area contributed by atoms with Gasteiger partial charge in [-0.15, -0.1) is 0 Å². The van der Waals surface area contributed by atoms with Crippen LogP contribution in [0.15, 0.2) is 65.2 Å². The van der Waals surface area contributed by atoms with E-state index in [0.717, 1.165) is 22.2 Å². The average molecular weight is 365 g/mol. The van der Waals surface area contributed by atoms with E-state index < -0.39 is 11.1 Å². The van der Waals surface area contributed by atoms with Crippen molar-refractivity contribution in [3.05, 3.63) is 66.4 Å². The number of para-hydroxylation sites is 2. The minimum absolute atomic E-state index is 0.0776. The second-order valence-corrected chi connectivity index (χ2v) is 6.74. The van der Waals surface area contributed by atoms with Crippen LogP contribution in [-0.2, 0) is 16.8 Å². The second-order valence-electron chi connectivity index (χ2n) is 5.81. The van der Waals surface area contributed by atoms with Gasteiger partial charge in [-0.05, 0) is 29.3 Å². The van der Waals surface area contributed by atoms with E-state index in [4.69, 9.17) is 14.7 Å². The lowest BCUT2D eigenvalue weighted by Gasteiger charge is -2.07. The molecule has 0 saturated carbocycles. The van der Waals surface area contributed by atoms with Crippen LogP contribution in [-0.4, -0.2) is 18.7 Å². The molecule has 0 bridgehead atoms. The van der Waals surface area contributed by atoms with Gasteiger partial charge in [-0.3, -0.25) is 0 Å². The highest BCUT2D eigenvalue weighted by atomic mass is 32.2. The van der Waals surface area contributed by atoms with E-state index in [-0.39, 0.29) is 5.75 Å². The highest BCUT2D eigenvalue weighted by Crippen LogP contribution is 2.31. The van der Waals surface area contributed by atoms with Gasteiger partial charge in [0, 0.05) is 11.8 Å². The molecular formula is C19H15N3O3S. The third kappa shape index (κ3) is 3.22. The molecule has 0 aliphatic rings. The summed E-state index contributed by atoms with van der Waals surface area (Å²) >= 11 is -1.89. The topological polar surface area (TPSA) is 102 Å². The van der Waals surface area contributed by atoms with E-state index in [1.165, 1.54) is 0 Å². The molecular weight excluding hydrogens is 350 g/mol. The summed E-state index contributed by atoms with van der Waals surface area (Å²) < 4.78 is 25.9. The summed E-state index contributed by atoms with van der Waals surface area (Å²) in [5.74, 6) is 0.812. The molecule has 0 spiro atoms. The molecule has 1 atom stereocenters. The van der Waals surface area contributed by atoms with Crippen molar-refractivity contribution in [2.45, 2.75) is 5.75 Å². The number of anilines is 1. The maximum atomic E-state index is 11.0. The van der Waals surface area contributed by atoms with Crippen LogP contribution >= 0.6 is 0 Å². The van der Waals surface area contributed by atoms with Crippen molar-refractivity contribution in [1.82, 2.24) is 9.97 Å². The van der Waals surface area contributed by atoms with Gasteiger partial charge in [0.05, 0.1) is 11.3 Å². The summed E-state index contributed by atoms with van der Waals surface area (Å²) in [6, 6.07) is 16.8. The van der Waals surface area contributed by atoms with Gasteiger partial charge < -0.3 is 14.7 Å². The van der Waals surface area contributed by atoms with E-state index in [0.29, 0.717) is 22.9 Å². The summed E-state index contributed by atoms with van der Waals surface area (Å²) in [6.45, 7) is 0. The molecule has 0 saturated heterocycles. The number of nitrogen functional groups attached to an aromatic ring is 1. The SMILES string of the molecule is Nc1ncc(-c2cccc(CS(=O)O)c2)cc1-c1nc2ccccc2o1. The number of hydrogen-bond donors (Lipinski definition) is 2. The molecule has 130 valence electrons. The van der Waals surface area contributed by atoms with Crippen LogP contribution < -0.4 is 5.73 Å². The number of nitrogens with two attached hydrogens (primary N) is 1. The third-order valence-electron chi connectivity index (χ3n) is 3.99. The smallest absolute Gasteiger partial charge is 0.231 e. The Morgan fingerprint density at radius 1 is 1.08 bits per heavy atom. The van der Waals surface area contributed by atoms with Crippen molar-refractivity contribution in [2.24, 2.45) is 0 Å². The number of oxazole rings is 1. The van der Waals surface area contributed by atoms with Gasteiger partial charge in [0.2, 0.25) is 5.89 Å². The van der Waals surface area contributed by atoms with E-state index in [1.54, 1.807) is 6.20 Å². The Balaban J connectivity index is 1.78. The van der Waals surface area contributed by atoms with Gasteiger partial charge in [0.25, 0.3) is 0 Å². The highest BCUT2D eigenvalue weighted by molar-refractivity contribution is 7.78. The summed E-state index contributed by atoms with van der Waals surface area (Å²) in [5, 5.41) is 0. The van der Waals surface area contributed by atoms with Crippen LogP contribution in [0.3, 0.4) is 0 Å². The lowest BCUT2D eigenvalue weighted by molar-refractivity contribution is 0.563. The van der Waals surface area contributed by atoms with Crippen molar-refractivity contribution in [3.63, 3.8) is 0 Å². The van der Waals surface area contributed by atoms with Gasteiger partial charge >= 0.3 is 0 Å². The average Bonchev–Trinajstić information content (AvgIpc) is 3.05. The zero-order valence-electron chi connectivity index (χ0n) is 13.6. The molecule has 0 aliphatic carbocycles. The van der Waals surface area contributed by atoms with Crippen LogP contribution in [0.4, 0.5) is 5.82 Å². The molecule has 6 nitrogen and oxygen atoms in total. The molecule has 2 heterocycles. The van der Waals surface area contributed by atoms with Crippen LogP contribution in [0.2, 0.25) is 0 Å². The van der Waals surface area contributed by atoms with E-state index >= 15 is 0 Å². The number of fused-ring (bicyclic) bond motifs is 1. The Hall–Kier alpha value is -3.03.